The van der Waals surface area contributed by atoms with Gasteiger partial charge in [0.2, 0.25) is 16.0 Å². The normalized spacial score (nSPS) is 17.6. The van der Waals surface area contributed by atoms with E-state index in [9.17, 15) is 8.42 Å². The molecule has 1 aliphatic heterocycles. The molecule has 0 spiro atoms. The first-order valence-corrected chi connectivity index (χ1v) is 11.7. The van der Waals surface area contributed by atoms with Crippen LogP contribution >= 0.6 is 0 Å². The lowest BCUT2D eigenvalue weighted by molar-refractivity contribution is 0.312. The molecule has 9 nitrogen and oxygen atoms in total. The van der Waals surface area contributed by atoms with E-state index in [0.717, 1.165) is 35.6 Å². The minimum atomic E-state index is -3.66. The molecule has 0 aliphatic carbocycles. The smallest absolute Gasteiger partial charge is 0.248 e. The van der Waals surface area contributed by atoms with Gasteiger partial charge in [-0.05, 0) is 58.7 Å². The van der Waals surface area contributed by atoms with E-state index in [1.54, 1.807) is 20.0 Å². The van der Waals surface area contributed by atoms with Crippen LogP contribution in [0.1, 0.15) is 47.3 Å². The Morgan fingerprint density at radius 1 is 1.13 bits per heavy atom. The van der Waals surface area contributed by atoms with Crippen LogP contribution in [-0.2, 0) is 10.0 Å². The van der Waals surface area contributed by atoms with Crippen LogP contribution in [0.4, 0.5) is 11.6 Å². The first-order valence-electron chi connectivity index (χ1n) is 10.2. The molecule has 1 saturated heterocycles. The number of nitrogens with zero attached hydrogens (tertiary/aromatic N) is 5. The van der Waals surface area contributed by atoms with Crippen LogP contribution in [0.3, 0.4) is 0 Å². The maximum atomic E-state index is 13.2. The molecule has 0 saturated carbocycles. The van der Waals surface area contributed by atoms with Gasteiger partial charge in [-0.15, -0.1) is 0 Å². The zero-order valence-electron chi connectivity index (χ0n) is 18.1. The summed E-state index contributed by atoms with van der Waals surface area (Å²) in [6.07, 6.45) is 3.39. The Hall–Kier alpha value is -2.85. The summed E-state index contributed by atoms with van der Waals surface area (Å²) in [6, 6.07) is 5.77. The highest BCUT2D eigenvalue weighted by Gasteiger charge is 2.35. The molecule has 1 fully saturated rings. The third-order valence-electron chi connectivity index (χ3n) is 5.39. The van der Waals surface area contributed by atoms with Gasteiger partial charge in [0.05, 0.1) is 11.9 Å². The van der Waals surface area contributed by atoms with Crippen molar-refractivity contribution in [2.45, 2.75) is 51.3 Å². The lowest BCUT2D eigenvalue weighted by atomic mass is 9.95. The second kappa shape index (κ2) is 8.35. The molecule has 0 radical (unpaired) electrons. The zero-order chi connectivity index (χ0) is 22.2. The highest BCUT2D eigenvalue weighted by Crippen LogP contribution is 2.31. The first-order chi connectivity index (χ1) is 14.7. The number of aryl methyl sites for hydroxylation is 4. The summed E-state index contributed by atoms with van der Waals surface area (Å²) in [7, 11) is -3.66. The molecule has 1 N–H and O–H groups in total. The van der Waals surface area contributed by atoms with E-state index >= 15 is 0 Å². The van der Waals surface area contributed by atoms with E-state index in [1.807, 2.05) is 32.0 Å². The van der Waals surface area contributed by atoms with Crippen molar-refractivity contribution in [3.05, 3.63) is 52.9 Å². The van der Waals surface area contributed by atoms with Gasteiger partial charge in [-0.1, -0.05) is 5.16 Å². The second-order valence-corrected chi connectivity index (χ2v) is 9.80. The number of anilines is 2. The Bertz CT molecular complexity index is 1150. The molecule has 4 rings (SSSR count). The van der Waals surface area contributed by atoms with Gasteiger partial charge in [-0.3, -0.25) is 4.98 Å². The van der Waals surface area contributed by atoms with E-state index in [1.165, 1.54) is 4.31 Å². The molecule has 1 atom stereocenters. The molecule has 1 aliphatic rings. The van der Waals surface area contributed by atoms with E-state index < -0.39 is 10.0 Å². The first kappa shape index (κ1) is 21.4. The molecule has 0 amide bonds. The molecule has 0 aromatic carbocycles. The van der Waals surface area contributed by atoms with Crippen molar-refractivity contribution in [3.8, 4) is 0 Å². The van der Waals surface area contributed by atoms with Crippen LogP contribution in [0.15, 0.2) is 33.8 Å². The summed E-state index contributed by atoms with van der Waals surface area (Å²) in [5.74, 6) is 0.874. The molecule has 31 heavy (non-hydrogen) atoms. The van der Waals surface area contributed by atoms with Gasteiger partial charge in [-0.25, -0.2) is 18.4 Å². The Kier molecular flexibility index (Phi) is 5.76. The van der Waals surface area contributed by atoms with E-state index in [0.29, 0.717) is 30.5 Å². The predicted octanol–water partition coefficient (Wildman–Crippen LogP) is 3.41. The summed E-state index contributed by atoms with van der Waals surface area (Å²) >= 11 is 0. The number of pyridine rings is 1. The second-order valence-electron chi connectivity index (χ2n) is 7.93. The molecule has 4 heterocycles. The van der Waals surface area contributed by atoms with Crippen LogP contribution in [0, 0.1) is 27.7 Å². The minimum absolute atomic E-state index is 0.0236. The Morgan fingerprint density at radius 3 is 2.48 bits per heavy atom. The van der Waals surface area contributed by atoms with Gasteiger partial charge >= 0.3 is 0 Å². The molecule has 0 bridgehead atoms. The number of piperidine rings is 1. The highest BCUT2D eigenvalue weighted by atomic mass is 32.2. The van der Waals surface area contributed by atoms with E-state index in [2.05, 4.69) is 25.4 Å². The average molecular weight is 443 g/mol. The van der Waals surface area contributed by atoms with Gasteiger partial charge < -0.3 is 9.84 Å². The zero-order valence-corrected chi connectivity index (χ0v) is 18.9. The number of rotatable bonds is 5. The summed E-state index contributed by atoms with van der Waals surface area (Å²) in [5.41, 5.74) is 3.82. The Labute approximate surface area is 182 Å². The van der Waals surface area contributed by atoms with Gasteiger partial charge in [0.25, 0.3) is 0 Å². The molecular weight excluding hydrogens is 416 g/mol. The highest BCUT2D eigenvalue weighted by molar-refractivity contribution is 7.89. The minimum Gasteiger partial charge on any atom is -0.360 e. The number of aromatic nitrogens is 4. The number of nitrogens with one attached hydrogen (secondary N) is 1. The SMILES string of the molecule is Cc1cc(C)nc(Nc2ccc(C3CCCN(S(=O)(=O)c4c(C)noc4C)C3)nc2)n1. The topological polar surface area (TPSA) is 114 Å². The summed E-state index contributed by atoms with van der Waals surface area (Å²) in [6.45, 7) is 7.98. The molecule has 1 unspecified atom stereocenters. The van der Waals surface area contributed by atoms with Crippen molar-refractivity contribution >= 4 is 21.7 Å². The summed E-state index contributed by atoms with van der Waals surface area (Å²) in [4.78, 5) is 13.5. The van der Waals surface area contributed by atoms with Crippen molar-refractivity contribution in [1.29, 1.82) is 0 Å². The monoisotopic (exact) mass is 442 g/mol. The fraction of sp³-hybridized carbons (Fsp3) is 0.429. The molecular formula is C21H26N6O3S. The summed E-state index contributed by atoms with van der Waals surface area (Å²) < 4.78 is 32.9. The van der Waals surface area contributed by atoms with Gasteiger partial charge in [0, 0.05) is 36.1 Å². The van der Waals surface area contributed by atoms with Crippen LogP contribution in [-0.4, -0.2) is 45.9 Å². The summed E-state index contributed by atoms with van der Waals surface area (Å²) in [5, 5.41) is 6.97. The Balaban J connectivity index is 1.50. The van der Waals surface area contributed by atoms with Crippen LogP contribution < -0.4 is 5.32 Å². The number of sulfonamides is 1. The lowest BCUT2D eigenvalue weighted by Gasteiger charge is -2.31. The van der Waals surface area contributed by atoms with Gasteiger partial charge in [0.15, 0.2) is 5.76 Å². The Morgan fingerprint density at radius 2 is 1.87 bits per heavy atom. The van der Waals surface area contributed by atoms with Crippen LogP contribution in [0.25, 0.3) is 0 Å². The lowest BCUT2D eigenvalue weighted by Crippen LogP contribution is -2.39. The van der Waals surface area contributed by atoms with E-state index in [4.69, 9.17) is 4.52 Å². The van der Waals surface area contributed by atoms with Crippen molar-refractivity contribution < 1.29 is 12.9 Å². The largest absolute Gasteiger partial charge is 0.360 e. The number of hydrogen-bond acceptors (Lipinski definition) is 8. The van der Waals surface area contributed by atoms with Crippen molar-refractivity contribution in [2.24, 2.45) is 0 Å². The average Bonchev–Trinajstić information content (AvgIpc) is 3.07. The molecule has 3 aromatic rings. The maximum Gasteiger partial charge on any atom is 0.248 e. The van der Waals surface area contributed by atoms with Gasteiger partial charge in [0.1, 0.15) is 10.6 Å². The fourth-order valence-electron chi connectivity index (χ4n) is 4.01. The fourth-order valence-corrected chi connectivity index (χ4v) is 5.82. The predicted molar refractivity (Wildman–Crippen MR) is 116 cm³/mol. The third-order valence-corrected chi connectivity index (χ3v) is 7.50. The molecule has 3 aromatic heterocycles. The quantitative estimate of drug-likeness (QED) is 0.639. The van der Waals surface area contributed by atoms with Crippen LogP contribution in [0.5, 0.6) is 0 Å². The van der Waals surface area contributed by atoms with Crippen molar-refractivity contribution in [1.82, 2.24) is 24.4 Å². The van der Waals surface area contributed by atoms with E-state index in [-0.39, 0.29) is 10.8 Å². The number of hydrogen-bond donors (Lipinski definition) is 1. The maximum absolute atomic E-state index is 13.2. The van der Waals surface area contributed by atoms with Crippen molar-refractivity contribution in [3.63, 3.8) is 0 Å². The third kappa shape index (κ3) is 4.45. The molecule has 164 valence electrons. The molecule has 10 heteroatoms. The van der Waals surface area contributed by atoms with Gasteiger partial charge in [-0.2, -0.15) is 4.31 Å². The van der Waals surface area contributed by atoms with Crippen LogP contribution in [0.2, 0.25) is 0 Å². The van der Waals surface area contributed by atoms with Crippen molar-refractivity contribution in [2.75, 3.05) is 18.4 Å². The standard InChI is InChI=1S/C21H26N6O3S/c1-13-10-14(2)24-21(23-13)25-18-7-8-19(22-11-18)17-6-5-9-27(12-17)31(28,29)20-15(3)26-30-16(20)4/h7-8,10-11,17H,5-6,9,12H2,1-4H3,(H,23,24,25).